The van der Waals surface area contributed by atoms with Crippen LogP contribution in [0.25, 0.3) is 0 Å². The Kier molecular flexibility index (Phi) is 4.85. The molecule has 0 unspecified atom stereocenters. The largest absolute Gasteiger partial charge is 0.323 e. The van der Waals surface area contributed by atoms with Gasteiger partial charge in [0.25, 0.3) is 0 Å². The number of benzene rings is 1. The minimum atomic E-state index is -0.519. The van der Waals surface area contributed by atoms with E-state index < -0.39 is 6.04 Å². The molecule has 0 saturated heterocycles. The Bertz CT molecular complexity index is 569. The van der Waals surface area contributed by atoms with Crippen molar-refractivity contribution in [1.82, 2.24) is 4.98 Å². The van der Waals surface area contributed by atoms with Gasteiger partial charge in [0.1, 0.15) is 0 Å². The van der Waals surface area contributed by atoms with E-state index in [2.05, 4.69) is 10.3 Å². The summed E-state index contributed by atoms with van der Waals surface area (Å²) in [5.41, 5.74) is 8.81. The van der Waals surface area contributed by atoms with Crippen LogP contribution in [0.15, 0.2) is 48.8 Å². The number of nitrogens with two attached hydrogens (primary N) is 1. The van der Waals surface area contributed by atoms with E-state index in [-0.39, 0.29) is 5.91 Å². The maximum atomic E-state index is 12.0. The van der Waals surface area contributed by atoms with Gasteiger partial charge in [-0.05, 0) is 37.0 Å². The van der Waals surface area contributed by atoms with Crippen molar-refractivity contribution in [3.05, 3.63) is 59.9 Å². The van der Waals surface area contributed by atoms with E-state index in [1.807, 2.05) is 43.3 Å². The van der Waals surface area contributed by atoms with Crippen LogP contribution in [0.3, 0.4) is 0 Å². The molecular weight excluding hydrogens is 250 g/mol. The monoisotopic (exact) mass is 269 g/mol. The summed E-state index contributed by atoms with van der Waals surface area (Å²) in [6.45, 7) is 1.92. The highest BCUT2D eigenvalue weighted by Crippen LogP contribution is 2.12. The summed E-state index contributed by atoms with van der Waals surface area (Å²) in [6.07, 6.45) is 4.74. The molecule has 0 fully saturated rings. The van der Waals surface area contributed by atoms with E-state index in [1.165, 1.54) is 5.56 Å². The molecule has 0 aliphatic heterocycles. The summed E-state index contributed by atoms with van der Waals surface area (Å²) >= 11 is 0. The van der Waals surface area contributed by atoms with Gasteiger partial charge >= 0.3 is 0 Å². The molecule has 0 bridgehead atoms. The lowest BCUT2D eigenvalue weighted by atomic mass is 10.1. The van der Waals surface area contributed by atoms with E-state index in [0.717, 1.165) is 12.0 Å². The Morgan fingerprint density at radius 1 is 1.30 bits per heavy atom. The Labute approximate surface area is 119 Å². The Hall–Kier alpha value is -2.20. The molecular formula is C16H19N3O. The predicted molar refractivity (Wildman–Crippen MR) is 80.3 cm³/mol. The Morgan fingerprint density at radius 2 is 2.05 bits per heavy atom. The quantitative estimate of drug-likeness (QED) is 0.875. The number of hydrogen-bond acceptors (Lipinski definition) is 3. The standard InChI is InChI=1S/C16H19N3O/c1-12-9-10-18-11-15(12)19-16(20)14(17)8-7-13-5-3-2-4-6-13/h2-6,9-11,14H,7-8,17H2,1H3,(H,19,20)/t14-/m0/s1. The lowest BCUT2D eigenvalue weighted by Gasteiger charge is -2.13. The molecule has 0 spiro atoms. The molecule has 1 amide bonds. The molecule has 3 N–H and O–H groups in total. The number of nitrogens with zero attached hydrogens (tertiary/aromatic N) is 1. The highest BCUT2D eigenvalue weighted by Gasteiger charge is 2.14. The fourth-order valence-electron chi connectivity index (χ4n) is 1.92. The summed E-state index contributed by atoms with van der Waals surface area (Å²) in [4.78, 5) is 16.0. The van der Waals surface area contributed by atoms with Crippen LogP contribution in [0.1, 0.15) is 17.5 Å². The number of aryl methyl sites for hydroxylation is 2. The molecule has 0 radical (unpaired) electrons. The van der Waals surface area contributed by atoms with Crippen LogP contribution in [-0.2, 0) is 11.2 Å². The zero-order valence-corrected chi connectivity index (χ0v) is 11.5. The predicted octanol–water partition coefficient (Wildman–Crippen LogP) is 2.29. The first kappa shape index (κ1) is 14.2. The van der Waals surface area contributed by atoms with Crippen LogP contribution in [0.5, 0.6) is 0 Å². The van der Waals surface area contributed by atoms with Gasteiger partial charge in [-0.2, -0.15) is 0 Å². The lowest BCUT2D eigenvalue weighted by Crippen LogP contribution is -2.36. The van der Waals surface area contributed by atoms with Crippen LogP contribution in [0.4, 0.5) is 5.69 Å². The van der Waals surface area contributed by atoms with Gasteiger partial charge in [-0.15, -0.1) is 0 Å². The topological polar surface area (TPSA) is 68.0 Å². The van der Waals surface area contributed by atoms with Gasteiger partial charge in [0, 0.05) is 6.20 Å². The molecule has 1 aromatic heterocycles. The third kappa shape index (κ3) is 3.90. The van der Waals surface area contributed by atoms with Gasteiger partial charge in [0.2, 0.25) is 5.91 Å². The second-order valence-corrected chi connectivity index (χ2v) is 4.81. The lowest BCUT2D eigenvalue weighted by molar-refractivity contribution is -0.117. The van der Waals surface area contributed by atoms with Crippen molar-refractivity contribution < 1.29 is 4.79 Å². The van der Waals surface area contributed by atoms with Crippen molar-refractivity contribution >= 4 is 11.6 Å². The number of rotatable bonds is 5. The third-order valence-electron chi connectivity index (χ3n) is 3.22. The first-order chi connectivity index (χ1) is 9.66. The summed E-state index contributed by atoms with van der Waals surface area (Å²) in [6, 6.07) is 11.4. The van der Waals surface area contributed by atoms with Crippen LogP contribution < -0.4 is 11.1 Å². The number of nitrogens with one attached hydrogen (secondary N) is 1. The van der Waals surface area contributed by atoms with E-state index in [0.29, 0.717) is 12.1 Å². The van der Waals surface area contributed by atoms with Crippen molar-refractivity contribution in [2.75, 3.05) is 5.32 Å². The number of carbonyl (C=O) groups is 1. The van der Waals surface area contributed by atoms with Crippen molar-refractivity contribution in [1.29, 1.82) is 0 Å². The second-order valence-electron chi connectivity index (χ2n) is 4.81. The Balaban J connectivity index is 1.88. The molecule has 0 saturated carbocycles. The number of hydrogen-bond donors (Lipinski definition) is 2. The third-order valence-corrected chi connectivity index (χ3v) is 3.22. The van der Waals surface area contributed by atoms with E-state index in [9.17, 15) is 4.79 Å². The van der Waals surface area contributed by atoms with E-state index in [1.54, 1.807) is 12.4 Å². The minimum Gasteiger partial charge on any atom is -0.323 e. The molecule has 2 aromatic rings. The van der Waals surface area contributed by atoms with Gasteiger partial charge in [0.05, 0.1) is 17.9 Å². The summed E-state index contributed by atoms with van der Waals surface area (Å²) < 4.78 is 0. The smallest absolute Gasteiger partial charge is 0.241 e. The number of pyridine rings is 1. The van der Waals surface area contributed by atoms with Crippen molar-refractivity contribution in [3.63, 3.8) is 0 Å². The van der Waals surface area contributed by atoms with Gasteiger partial charge in [0.15, 0.2) is 0 Å². The summed E-state index contributed by atoms with van der Waals surface area (Å²) in [7, 11) is 0. The SMILES string of the molecule is Cc1ccncc1NC(=O)[C@@H](N)CCc1ccccc1. The fraction of sp³-hybridized carbons (Fsp3) is 0.250. The van der Waals surface area contributed by atoms with Gasteiger partial charge in [-0.3, -0.25) is 9.78 Å². The first-order valence-electron chi connectivity index (χ1n) is 6.68. The summed E-state index contributed by atoms with van der Waals surface area (Å²) in [5, 5.41) is 2.82. The number of carbonyl (C=O) groups excluding carboxylic acids is 1. The zero-order valence-electron chi connectivity index (χ0n) is 11.5. The van der Waals surface area contributed by atoms with Crippen LogP contribution >= 0.6 is 0 Å². The molecule has 4 nitrogen and oxygen atoms in total. The molecule has 0 aliphatic carbocycles. The molecule has 20 heavy (non-hydrogen) atoms. The molecule has 2 rings (SSSR count). The summed E-state index contributed by atoms with van der Waals surface area (Å²) in [5.74, 6) is -0.169. The first-order valence-corrected chi connectivity index (χ1v) is 6.68. The Morgan fingerprint density at radius 3 is 2.75 bits per heavy atom. The van der Waals surface area contributed by atoms with Crippen molar-refractivity contribution in [3.8, 4) is 0 Å². The molecule has 1 atom stereocenters. The highest BCUT2D eigenvalue weighted by atomic mass is 16.2. The van der Waals surface area contributed by atoms with Gasteiger partial charge < -0.3 is 11.1 Å². The normalized spacial score (nSPS) is 11.9. The number of aromatic nitrogens is 1. The zero-order chi connectivity index (χ0) is 14.4. The average molecular weight is 269 g/mol. The van der Waals surface area contributed by atoms with Gasteiger partial charge in [-0.1, -0.05) is 30.3 Å². The fourth-order valence-corrected chi connectivity index (χ4v) is 1.92. The maximum Gasteiger partial charge on any atom is 0.241 e. The highest BCUT2D eigenvalue weighted by molar-refractivity contribution is 5.95. The molecule has 0 aliphatic rings. The molecule has 1 aromatic carbocycles. The minimum absolute atomic E-state index is 0.169. The number of anilines is 1. The van der Waals surface area contributed by atoms with E-state index in [4.69, 9.17) is 5.73 Å². The maximum absolute atomic E-state index is 12.0. The van der Waals surface area contributed by atoms with Crippen molar-refractivity contribution in [2.24, 2.45) is 5.73 Å². The molecule has 104 valence electrons. The van der Waals surface area contributed by atoms with Crippen LogP contribution in [0, 0.1) is 6.92 Å². The second kappa shape index (κ2) is 6.82. The van der Waals surface area contributed by atoms with Crippen LogP contribution in [0.2, 0.25) is 0 Å². The number of amides is 1. The average Bonchev–Trinajstić information content (AvgIpc) is 2.48. The molecule has 4 heteroatoms. The van der Waals surface area contributed by atoms with E-state index >= 15 is 0 Å². The van der Waals surface area contributed by atoms with Crippen LogP contribution in [-0.4, -0.2) is 16.9 Å². The van der Waals surface area contributed by atoms with Crippen molar-refractivity contribution in [2.45, 2.75) is 25.8 Å². The van der Waals surface area contributed by atoms with Gasteiger partial charge in [-0.25, -0.2) is 0 Å². The molecule has 1 heterocycles.